The second-order valence-electron chi connectivity index (χ2n) is 6.15. The monoisotopic (exact) mass is 454 g/mol. The predicted octanol–water partition coefficient (Wildman–Crippen LogP) is 4.95. The van der Waals surface area contributed by atoms with Crippen molar-refractivity contribution in [1.82, 2.24) is 0 Å². The number of carbonyl (C=O) groups is 2. The molecule has 0 saturated carbocycles. The highest BCUT2D eigenvalue weighted by Crippen LogP contribution is 2.28. The van der Waals surface area contributed by atoms with Gasteiger partial charge < -0.3 is 10.6 Å². The molecular formula is C18H16Cl2N4O6. The molecule has 2 aromatic rings. The van der Waals surface area contributed by atoms with E-state index in [0.29, 0.717) is 12.8 Å². The standard InChI is InChI=1S/C18H16Cl2N4O6/c19-13-7-5-11(9-15(13)23(27)28)21-17(25)3-1-2-4-18(26)22-12-6-8-14(20)16(10-12)24(29)30/h5-10H,1-4H2,(H,21,25)(H,22,26). The average Bonchev–Trinajstić information content (AvgIpc) is 2.68. The van der Waals surface area contributed by atoms with Crippen LogP contribution in [0.5, 0.6) is 0 Å². The Balaban J connectivity index is 1.77. The van der Waals surface area contributed by atoms with Crippen LogP contribution in [0, 0.1) is 20.2 Å². The summed E-state index contributed by atoms with van der Waals surface area (Å²) in [5, 5.41) is 26.7. The molecule has 0 aliphatic carbocycles. The molecule has 0 fully saturated rings. The summed E-state index contributed by atoms with van der Waals surface area (Å²) >= 11 is 11.4. The molecule has 12 heteroatoms. The molecule has 2 N–H and O–H groups in total. The fraction of sp³-hybridized carbons (Fsp3) is 0.222. The first-order chi connectivity index (χ1) is 14.2. The van der Waals surface area contributed by atoms with E-state index in [1.165, 1.54) is 36.4 Å². The summed E-state index contributed by atoms with van der Waals surface area (Å²) < 4.78 is 0. The summed E-state index contributed by atoms with van der Waals surface area (Å²) in [5.41, 5.74) is -0.126. The number of carbonyl (C=O) groups excluding carboxylic acids is 2. The molecule has 2 rings (SSSR count). The van der Waals surface area contributed by atoms with Gasteiger partial charge in [0.05, 0.1) is 9.85 Å². The third kappa shape index (κ3) is 6.68. The van der Waals surface area contributed by atoms with Crippen molar-refractivity contribution in [3.8, 4) is 0 Å². The van der Waals surface area contributed by atoms with Crippen molar-refractivity contribution in [1.29, 1.82) is 0 Å². The Morgan fingerprint density at radius 1 is 0.767 bits per heavy atom. The molecule has 2 aromatic carbocycles. The van der Waals surface area contributed by atoms with Crippen molar-refractivity contribution in [2.75, 3.05) is 10.6 Å². The number of nitrogens with one attached hydrogen (secondary N) is 2. The molecule has 0 atom stereocenters. The van der Waals surface area contributed by atoms with E-state index in [4.69, 9.17) is 23.2 Å². The molecule has 0 aliphatic heterocycles. The van der Waals surface area contributed by atoms with E-state index < -0.39 is 9.85 Å². The highest BCUT2D eigenvalue weighted by molar-refractivity contribution is 6.33. The zero-order valence-corrected chi connectivity index (χ0v) is 16.9. The molecule has 0 aliphatic rings. The Morgan fingerprint density at radius 3 is 1.47 bits per heavy atom. The number of halogens is 2. The molecule has 0 heterocycles. The number of nitrogens with zero attached hydrogens (tertiary/aromatic N) is 2. The van der Waals surface area contributed by atoms with Gasteiger partial charge in [0.25, 0.3) is 11.4 Å². The Labute approximate surface area is 180 Å². The highest BCUT2D eigenvalue weighted by atomic mass is 35.5. The molecule has 0 aromatic heterocycles. The number of hydrogen-bond donors (Lipinski definition) is 2. The first-order valence-corrected chi connectivity index (χ1v) is 9.40. The number of nitro groups is 2. The molecule has 0 unspecified atom stereocenters. The first kappa shape index (κ1) is 23.0. The van der Waals surface area contributed by atoms with Gasteiger partial charge in [0.1, 0.15) is 10.0 Å². The first-order valence-electron chi connectivity index (χ1n) is 8.65. The van der Waals surface area contributed by atoms with Crippen LogP contribution in [0.1, 0.15) is 25.7 Å². The number of nitro benzene ring substituents is 2. The summed E-state index contributed by atoms with van der Waals surface area (Å²) in [7, 11) is 0. The maximum atomic E-state index is 12.0. The summed E-state index contributed by atoms with van der Waals surface area (Å²) in [6.07, 6.45) is 1.01. The minimum absolute atomic E-state index is 0.0324. The maximum Gasteiger partial charge on any atom is 0.289 e. The number of hydrogen-bond acceptors (Lipinski definition) is 6. The van der Waals surface area contributed by atoms with E-state index in [-0.39, 0.29) is 57.5 Å². The molecule has 0 bridgehead atoms. The predicted molar refractivity (Wildman–Crippen MR) is 112 cm³/mol. The van der Waals surface area contributed by atoms with Gasteiger partial charge in [0.2, 0.25) is 11.8 Å². The third-order valence-corrected chi connectivity index (χ3v) is 4.55. The quantitative estimate of drug-likeness (QED) is 0.311. The molecular weight excluding hydrogens is 439 g/mol. The van der Waals surface area contributed by atoms with Crippen LogP contribution in [-0.2, 0) is 9.59 Å². The molecule has 2 amide bonds. The number of unbranched alkanes of at least 4 members (excludes halogenated alkanes) is 1. The van der Waals surface area contributed by atoms with Gasteiger partial charge in [-0.05, 0) is 37.1 Å². The van der Waals surface area contributed by atoms with Crippen LogP contribution >= 0.6 is 23.2 Å². The highest BCUT2D eigenvalue weighted by Gasteiger charge is 2.15. The number of benzene rings is 2. The zero-order valence-electron chi connectivity index (χ0n) is 15.4. The normalized spacial score (nSPS) is 10.3. The Kier molecular flexibility index (Phi) is 8.07. The van der Waals surface area contributed by atoms with Crippen LogP contribution in [-0.4, -0.2) is 21.7 Å². The van der Waals surface area contributed by atoms with Crippen LogP contribution in [0.15, 0.2) is 36.4 Å². The van der Waals surface area contributed by atoms with Gasteiger partial charge in [-0.25, -0.2) is 0 Å². The molecule has 0 radical (unpaired) electrons. The molecule has 30 heavy (non-hydrogen) atoms. The number of amides is 2. The van der Waals surface area contributed by atoms with Crippen molar-refractivity contribution < 1.29 is 19.4 Å². The van der Waals surface area contributed by atoms with E-state index >= 15 is 0 Å². The van der Waals surface area contributed by atoms with Crippen molar-refractivity contribution in [2.45, 2.75) is 25.7 Å². The van der Waals surface area contributed by atoms with E-state index in [2.05, 4.69) is 10.6 Å². The van der Waals surface area contributed by atoms with E-state index in [1.807, 2.05) is 0 Å². The summed E-state index contributed by atoms with van der Waals surface area (Å²) in [6, 6.07) is 7.87. The van der Waals surface area contributed by atoms with Crippen molar-refractivity contribution in [3.63, 3.8) is 0 Å². The number of rotatable bonds is 9. The molecule has 0 saturated heterocycles. The Bertz CT molecular complexity index is 919. The molecule has 10 nitrogen and oxygen atoms in total. The lowest BCUT2D eigenvalue weighted by Crippen LogP contribution is -2.13. The molecule has 0 spiro atoms. The lowest BCUT2D eigenvalue weighted by molar-refractivity contribution is -0.384. The fourth-order valence-corrected chi connectivity index (χ4v) is 2.85. The Hall–Kier alpha value is -3.24. The number of anilines is 2. The van der Waals surface area contributed by atoms with E-state index in [0.717, 1.165) is 0 Å². The average molecular weight is 455 g/mol. The van der Waals surface area contributed by atoms with Gasteiger partial charge in [-0.3, -0.25) is 29.8 Å². The van der Waals surface area contributed by atoms with Gasteiger partial charge in [-0.2, -0.15) is 0 Å². The van der Waals surface area contributed by atoms with Gasteiger partial charge in [-0.15, -0.1) is 0 Å². The third-order valence-electron chi connectivity index (χ3n) is 3.91. The summed E-state index contributed by atoms with van der Waals surface area (Å²) in [4.78, 5) is 44.3. The lowest BCUT2D eigenvalue weighted by Gasteiger charge is -2.07. The fourth-order valence-electron chi connectivity index (χ4n) is 2.48. The SMILES string of the molecule is O=C(CCCCC(=O)Nc1ccc(Cl)c([N+](=O)[O-])c1)Nc1ccc(Cl)c([N+](=O)[O-])c1. The van der Waals surface area contributed by atoms with Gasteiger partial charge in [0.15, 0.2) is 0 Å². The minimum Gasteiger partial charge on any atom is -0.326 e. The lowest BCUT2D eigenvalue weighted by atomic mass is 10.1. The van der Waals surface area contributed by atoms with Crippen LogP contribution < -0.4 is 10.6 Å². The van der Waals surface area contributed by atoms with Crippen LogP contribution in [0.3, 0.4) is 0 Å². The topological polar surface area (TPSA) is 144 Å². The summed E-state index contributed by atoms with van der Waals surface area (Å²) in [6.45, 7) is 0. The second kappa shape index (κ2) is 10.5. The minimum atomic E-state index is -0.647. The van der Waals surface area contributed by atoms with Crippen molar-refractivity contribution >= 4 is 57.8 Å². The smallest absolute Gasteiger partial charge is 0.289 e. The van der Waals surface area contributed by atoms with E-state index in [9.17, 15) is 29.8 Å². The maximum absolute atomic E-state index is 12.0. The van der Waals surface area contributed by atoms with Gasteiger partial charge >= 0.3 is 0 Å². The van der Waals surface area contributed by atoms with Crippen molar-refractivity contribution in [3.05, 3.63) is 66.7 Å². The second-order valence-corrected chi connectivity index (χ2v) is 6.96. The van der Waals surface area contributed by atoms with Crippen LogP contribution in [0.2, 0.25) is 10.0 Å². The van der Waals surface area contributed by atoms with Crippen LogP contribution in [0.25, 0.3) is 0 Å². The van der Waals surface area contributed by atoms with E-state index in [1.54, 1.807) is 0 Å². The van der Waals surface area contributed by atoms with Crippen molar-refractivity contribution in [2.24, 2.45) is 0 Å². The summed E-state index contributed by atoms with van der Waals surface area (Å²) in [5.74, 6) is -0.722. The molecule has 158 valence electrons. The largest absolute Gasteiger partial charge is 0.326 e. The zero-order chi connectivity index (χ0) is 22.3. The van der Waals surface area contributed by atoms with Crippen LogP contribution in [0.4, 0.5) is 22.7 Å². The van der Waals surface area contributed by atoms with Gasteiger partial charge in [-0.1, -0.05) is 23.2 Å². The van der Waals surface area contributed by atoms with Gasteiger partial charge in [0, 0.05) is 36.3 Å². The Morgan fingerprint density at radius 2 is 1.13 bits per heavy atom.